The molecule has 0 bridgehead atoms. The van der Waals surface area contributed by atoms with Crippen molar-refractivity contribution in [2.24, 2.45) is 0 Å². The number of rotatable bonds is 3. The van der Waals surface area contributed by atoms with Gasteiger partial charge < -0.3 is 4.74 Å². The lowest BCUT2D eigenvalue weighted by Gasteiger charge is -1.96. The lowest BCUT2D eigenvalue weighted by molar-refractivity contribution is 0.0532. The number of esters is 1. The smallest absolute Gasteiger partial charge is 0.348 e. The van der Waals surface area contributed by atoms with Crippen molar-refractivity contribution < 1.29 is 9.53 Å². The third-order valence-electron chi connectivity index (χ3n) is 1.28. The van der Waals surface area contributed by atoms with E-state index in [9.17, 15) is 4.79 Å². The summed E-state index contributed by atoms with van der Waals surface area (Å²) >= 11 is 6.94. The fraction of sp³-hybridized carbons (Fsp3) is 0.375. The van der Waals surface area contributed by atoms with Crippen molar-refractivity contribution in [2.45, 2.75) is 12.8 Å². The number of ether oxygens (including phenoxy) is 1. The van der Waals surface area contributed by atoms with E-state index < -0.39 is 0 Å². The van der Waals surface area contributed by atoms with Crippen LogP contribution in [0, 0.1) is 0 Å². The predicted molar refractivity (Wildman–Crippen MR) is 49.8 cm³/mol. The van der Waals surface area contributed by atoms with Crippen molar-refractivity contribution in [1.29, 1.82) is 0 Å². The van der Waals surface area contributed by atoms with Gasteiger partial charge in [-0.3, -0.25) is 0 Å². The molecule has 2 nitrogen and oxygen atoms in total. The Morgan fingerprint density at radius 2 is 2.50 bits per heavy atom. The Morgan fingerprint density at radius 1 is 1.75 bits per heavy atom. The normalized spacial score (nSPS) is 9.83. The number of halogens is 1. The molecule has 12 heavy (non-hydrogen) atoms. The molecule has 0 saturated heterocycles. The first-order valence-electron chi connectivity index (χ1n) is 3.58. The van der Waals surface area contributed by atoms with E-state index in [1.165, 1.54) is 11.3 Å². The second-order valence-corrected chi connectivity index (χ2v) is 3.35. The molecule has 66 valence electrons. The highest BCUT2D eigenvalue weighted by Crippen LogP contribution is 2.17. The zero-order valence-corrected chi connectivity index (χ0v) is 8.24. The topological polar surface area (TPSA) is 26.3 Å². The molecule has 0 aliphatic rings. The molecule has 0 fully saturated rings. The van der Waals surface area contributed by atoms with Crippen molar-refractivity contribution in [1.82, 2.24) is 0 Å². The fourth-order valence-corrected chi connectivity index (χ4v) is 1.81. The van der Waals surface area contributed by atoms with Crippen LogP contribution in [0.15, 0.2) is 11.4 Å². The molecule has 1 aromatic rings. The van der Waals surface area contributed by atoms with Crippen molar-refractivity contribution >= 4 is 28.9 Å². The van der Waals surface area contributed by atoms with Crippen LogP contribution in [0.2, 0.25) is 0 Å². The highest BCUT2D eigenvalue weighted by Gasteiger charge is 2.08. The van der Waals surface area contributed by atoms with Gasteiger partial charge in [0.15, 0.2) is 0 Å². The van der Waals surface area contributed by atoms with Crippen LogP contribution < -0.4 is 0 Å². The quantitative estimate of drug-likeness (QED) is 0.559. The maximum atomic E-state index is 11.1. The van der Waals surface area contributed by atoms with Gasteiger partial charge in [0.05, 0.1) is 6.61 Å². The Balaban J connectivity index is 2.68. The van der Waals surface area contributed by atoms with E-state index in [2.05, 4.69) is 0 Å². The van der Waals surface area contributed by atoms with Crippen LogP contribution in [0.25, 0.3) is 0 Å². The first kappa shape index (κ1) is 9.55. The van der Waals surface area contributed by atoms with E-state index in [0.29, 0.717) is 17.4 Å². The van der Waals surface area contributed by atoms with Crippen LogP contribution >= 0.6 is 22.9 Å². The molecular weight excluding hydrogens is 196 g/mol. The number of alkyl halides is 1. The average Bonchev–Trinajstić information content (AvgIpc) is 2.52. The summed E-state index contributed by atoms with van der Waals surface area (Å²) in [4.78, 5) is 11.7. The summed E-state index contributed by atoms with van der Waals surface area (Å²) in [7, 11) is 0. The molecule has 0 aliphatic heterocycles. The molecule has 0 aromatic carbocycles. The van der Waals surface area contributed by atoms with E-state index in [4.69, 9.17) is 16.3 Å². The molecule has 0 unspecified atom stereocenters. The molecule has 1 heterocycles. The standard InChI is InChI=1S/C8H9ClO2S/c1-2-11-8(10)7-3-6(4-9)5-12-7/h3,5H,2,4H2,1H3. The minimum Gasteiger partial charge on any atom is -0.462 e. The summed E-state index contributed by atoms with van der Waals surface area (Å²) in [5, 5.41) is 1.86. The van der Waals surface area contributed by atoms with Crippen LogP contribution in [0.4, 0.5) is 0 Å². The first-order chi connectivity index (χ1) is 5.77. The lowest BCUT2D eigenvalue weighted by Crippen LogP contribution is -2.01. The largest absolute Gasteiger partial charge is 0.462 e. The average molecular weight is 205 g/mol. The summed E-state index contributed by atoms with van der Waals surface area (Å²) in [6.07, 6.45) is 0. The number of carbonyl (C=O) groups excluding carboxylic acids is 1. The van der Waals surface area contributed by atoms with E-state index in [-0.39, 0.29) is 5.97 Å². The lowest BCUT2D eigenvalue weighted by atomic mass is 10.3. The number of hydrogen-bond donors (Lipinski definition) is 0. The Labute approximate surface area is 80.1 Å². The number of thiophene rings is 1. The minimum absolute atomic E-state index is 0.265. The summed E-state index contributed by atoms with van der Waals surface area (Å²) in [5.74, 6) is 0.175. The summed E-state index contributed by atoms with van der Waals surface area (Å²) in [6.45, 7) is 2.20. The fourth-order valence-electron chi connectivity index (χ4n) is 0.755. The molecule has 1 rings (SSSR count). The van der Waals surface area contributed by atoms with E-state index in [1.807, 2.05) is 5.38 Å². The molecule has 4 heteroatoms. The molecule has 0 spiro atoms. The zero-order valence-electron chi connectivity index (χ0n) is 6.67. The van der Waals surface area contributed by atoms with E-state index in [0.717, 1.165) is 5.56 Å². The van der Waals surface area contributed by atoms with Gasteiger partial charge in [-0.25, -0.2) is 4.79 Å². The molecule has 0 radical (unpaired) electrons. The molecule has 0 saturated carbocycles. The van der Waals surface area contributed by atoms with Gasteiger partial charge in [-0.15, -0.1) is 22.9 Å². The predicted octanol–water partition coefficient (Wildman–Crippen LogP) is 2.66. The highest BCUT2D eigenvalue weighted by atomic mass is 35.5. The molecule has 0 amide bonds. The Morgan fingerprint density at radius 3 is 3.00 bits per heavy atom. The van der Waals surface area contributed by atoms with Gasteiger partial charge in [0, 0.05) is 5.88 Å². The van der Waals surface area contributed by atoms with E-state index >= 15 is 0 Å². The number of carbonyl (C=O) groups is 1. The van der Waals surface area contributed by atoms with Gasteiger partial charge in [-0.05, 0) is 23.9 Å². The SMILES string of the molecule is CCOC(=O)c1cc(CCl)cs1. The van der Waals surface area contributed by atoms with Crippen LogP contribution in [-0.4, -0.2) is 12.6 Å². The van der Waals surface area contributed by atoms with Crippen LogP contribution in [0.5, 0.6) is 0 Å². The van der Waals surface area contributed by atoms with Crippen LogP contribution in [0.1, 0.15) is 22.2 Å². The summed E-state index contributed by atoms with van der Waals surface area (Å²) < 4.78 is 4.81. The maximum Gasteiger partial charge on any atom is 0.348 e. The Kier molecular flexibility index (Phi) is 3.56. The van der Waals surface area contributed by atoms with Crippen molar-refractivity contribution in [3.8, 4) is 0 Å². The minimum atomic E-state index is -0.265. The number of hydrogen-bond acceptors (Lipinski definition) is 3. The van der Waals surface area contributed by atoms with Gasteiger partial charge >= 0.3 is 5.97 Å². The molecule has 0 N–H and O–H groups in total. The van der Waals surface area contributed by atoms with Gasteiger partial charge in [-0.2, -0.15) is 0 Å². The van der Waals surface area contributed by atoms with Gasteiger partial charge in [-0.1, -0.05) is 0 Å². The first-order valence-corrected chi connectivity index (χ1v) is 4.99. The van der Waals surface area contributed by atoms with Crippen molar-refractivity contribution in [3.63, 3.8) is 0 Å². The highest BCUT2D eigenvalue weighted by molar-refractivity contribution is 7.12. The zero-order chi connectivity index (χ0) is 8.97. The van der Waals surface area contributed by atoms with Crippen molar-refractivity contribution in [2.75, 3.05) is 6.61 Å². The molecule has 0 aliphatic carbocycles. The maximum absolute atomic E-state index is 11.1. The summed E-state index contributed by atoms with van der Waals surface area (Å²) in [6, 6.07) is 1.76. The van der Waals surface area contributed by atoms with Gasteiger partial charge in [0.2, 0.25) is 0 Å². The van der Waals surface area contributed by atoms with Gasteiger partial charge in [0.25, 0.3) is 0 Å². The second-order valence-electron chi connectivity index (χ2n) is 2.17. The third-order valence-corrected chi connectivity index (χ3v) is 2.55. The van der Waals surface area contributed by atoms with Gasteiger partial charge in [0.1, 0.15) is 4.88 Å². The van der Waals surface area contributed by atoms with Crippen LogP contribution in [0.3, 0.4) is 0 Å². The van der Waals surface area contributed by atoms with Crippen molar-refractivity contribution in [3.05, 3.63) is 21.9 Å². The third kappa shape index (κ3) is 2.22. The van der Waals surface area contributed by atoms with E-state index in [1.54, 1.807) is 13.0 Å². The second kappa shape index (κ2) is 4.48. The molecule has 0 atom stereocenters. The summed E-state index contributed by atoms with van der Waals surface area (Å²) in [5.41, 5.74) is 0.963. The molecule has 1 aromatic heterocycles. The Hall–Kier alpha value is -0.540. The molecular formula is C8H9ClO2S. The Bertz CT molecular complexity index is 270. The van der Waals surface area contributed by atoms with Crippen LogP contribution in [-0.2, 0) is 10.6 Å². The monoisotopic (exact) mass is 204 g/mol.